The predicted octanol–water partition coefficient (Wildman–Crippen LogP) is 5.61. The number of hydrogen-bond acceptors (Lipinski definition) is 6. The Morgan fingerprint density at radius 1 is 1.03 bits per heavy atom. The third kappa shape index (κ3) is 6.49. The van der Waals surface area contributed by atoms with Gasteiger partial charge >= 0.3 is 12.0 Å². The van der Waals surface area contributed by atoms with Gasteiger partial charge in [0, 0.05) is 18.3 Å². The Balaban J connectivity index is 0.000000877. The maximum Gasteiger partial charge on any atom is 0.319 e. The first-order chi connectivity index (χ1) is 17.5. The van der Waals surface area contributed by atoms with Crippen LogP contribution in [-0.2, 0) is 19.7 Å². The molecule has 3 rings (SSSR count). The summed E-state index contributed by atoms with van der Waals surface area (Å²) in [4.78, 5) is 24.5. The van der Waals surface area contributed by atoms with Crippen LogP contribution in [0.25, 0.3) is 21.9 Å². The van der Waals surface area contributed by atoms with Crippen LogP contribution in [0.5, 0.6) is 5.75 Å². The Morgan fingerprint density at radius 2 is 1.68 bits per heavy atom. The Labute approximate surface area is 216 Å². The molecule has 0 aliphatic heterocycles. The number of halogens is 1. The number of rotatable bonds is 6. The fourth-order valence-corrected chi connectivity index (χ4v) is 3.77. The topological polar surface area (TPSA) is 112 Å². The monoisotopic (exact) mass is 511 g/mol. The van der Waals surface area contributed by atoms with Crippen LogP contribution in [-0.4, -0.2) is 40.4 Å². The van der Waals surface area contributed by atoms with Crippen molar-refractivity contribution in [3.8, 4) is 16.9 Å². The molecular weight excluding hydrogens is 477 g/mol. The van der Waals surface area contributed by atoms with Gasteiger partial charge in [-0.2, -0.15) is 0 Å². The summed E-state index contributed by atoms with van der Waals surface area (Å²) in [5.41, 5.74) is 6.20. The molecule has 0 aromatic heterocycles. The van der Waals surface area contributed by atoms with E-state index in [1.807, 2.05) is 31.2 Å². The number of nitrogens with one attached hydrogen (secondary N) is 2. The molecule has 2 amide bonds. The van der Waals surface area contributed by atoms with E-state index in [1.54, 1.807) is 45.4 Å². The van der Waals surface area contributed by atoms with Crippen LogP contribution >= 0.6 is 0 Å². The Bertz CT molecular complexity index is 1300. The molecule has 0 bridgehead atoms. The second-order valence-electron chi connectivity index (χ2n) is 8.54. The van der Waals surface area contributed by atoms with Gasteiger partial charge in [-0.25, -0.2) is 9.18 Å². The number of nitrogens with two attached hydrogens (primary N) is 1. The van der Waals surface area contributed by atoms with Gasteiger partial charge < -0.3 is 30.6 Å². The number of anilines is 2. The average Bonchev–Trinajstić information content (AvgIpc) is 2.89. The van der Waals surface area contributed by atoms with E-state index >= 15 is 4.39 Å². The normalized spacial score (nSPS) is 10.9. The summed E-state index contributed by atoms with van der Waals surface area (Å²) in [7, 11) is 5.73. The highest BCUT2D eigenvalue weighted by Crippen LogP contribution is 2.45. The van der Waals surface area contributed by atoms with Crippen molar-refractivity contribution in [2.24, 2.45) is 0 Å². The lowest BCUT2D eigenvalue weighted by Crippen LogP contribution is -2.32. The molecule has 0 fully saturated rings. The summed E-state index contributed by atoms with van der Waals surface area (Å²) in [5.74, 6) is -1.05. The number of ether oxygens (including phenoxy) is 3. The van der Waals surface area contributed by atoms with Crippen LogP contribution in [0.1, 0.15) is 26.3 Å². The van der Waals surface area contributed by atoms with Crippen molar-refractivity contribution in [2.45, 2.75) is 26.2 Å². The van der Waals surface area contributed by atoms with Crippen LogP contribution in [0.15, 0.2) is 54.8 Å². The minimum Gasteiger partial charge on any atom is -0.505 e. The lowest BCUT2D eigenvalue weighted by Gasteiger charge is -2.27. The quantitative estimate of drug-likeness (QED) is 0.225. The molecule has 37 heavy (non-hydrogen) atoms. The molecule has 0 aliphatic carbocycles. The van der Waals surface area contributed by atoms with Gasteiger partial charge in [0.2, 0.25) is 0 Å². The van der Waals surface area contributed by atoms with Crippen LogP contribution in [0, 0.1) is 5.82 Å². The van der Waals surface area contributed by atoms with Crippen LogP contribution in [0.4, 0.5) is 20.6 Å². The van der Waals surface area contributed by atoms with Gasteiger partial charge in [-0.1, -0.05) is 24.3 Å². The molecule has 198 valence electrons. The van der Waals surface area contributed by atoms with E-state index in [-0.39, 0.29) is 17.0 Å². The number of amides is 2. The largest absolute Gasteiger partial charge is 0.505 e. The van der Waals surface area contributed by atoms with Crippen LogP contribution in [0.2, 0.25) is 0 Å². The van der Waals surface area contributed by atoms with Gasteiger partial charge in [0.25, 0.3) is 0 Å². The van der Waals surface area contributed by atoms with Crippen molar-refractivity contribution in [3.05, 3.63) is 66.2 Å². The van der Waals surface area contributed by atoms with E-state index in [0.29, 0.717) is 16.8 Å². The fourth-order valence-electron chi connectivity index (χ4n) is 3.77. The third-order valence-electron chi connectivity index (χ3n) is 5.69. The van der Waals surface area contributed by atoms with Gasteiger partial charge in [0.15, 0.2) is 5.82 Å². The second-order valence-corrected chi connectivity index (χ2v) is 8.54. The first-order valence-corrected chi connectivity index (χ1v) is 11.5. The number of urea groups is 1. The van der Waals surface area contributed by atoms with E-state index in [9.17, 15) is 9.59 Å². The molecule has 3 aromatic carbocycles. The van der Waals surface area contributed by atoms with Crippen molar-refractivity contribution in [3.63, 3.8) is 0 Å². The molecule has 0 saturated heterocycles. The second kappa shape index (κ2) is 12.6. The van der Waals surface area contributed by atoms with Crippen molar-refractivity contribution in [1.29, 1.82) is 0 Å². The number of carbonyl (C=O) groups excluding carboxylic acids is 2. The Kier molecular flexibility index (Phi) is 9.88. The molecule has 9 heteroatoms. The smallest absolute Gasteiger partial charge is 0.319 e. The van der Waals surface area contributed by atoms with E-state index in [1.165, 1.54) is 27.3 Å². The first kappa shape index (κ1) is 29.0. The van der Waals surface area contributed by atoms with Gasteiger partial charge in [0.1, 0.15) is 5.75 Å². The molecule has 0 heterocycles. The van der Waals surface area contributed by atoms with Gasteiger partial charge in [-0.15, -0.1) is 0 Å². The molecule has 0 atom stereocenters. The van der Waals surface area contributed by atoms with Crippen molar-refractivity contribution in [1.82, 2.24) is 5.32 Å². The minimum atomic E-state index is -1.19. The first-order valence-electron chi connectivity index (χ1n) is 11.5. The van der Waals surface area contributed by atoms with Gasteiger partial charge in [-0.05, 0) is 61.4 Å². The number of methoxy groups -OCH3 is 3. The SMILES string of the molecule is C/C=C\OC.CNC(=O)Nc1cc(C(C)(C)C(=O)OC)c(OC)c(-c2ccc3cc(N)ccc3c2)c1F. The number of esters is 1. The highest BCUT2D eigenvalue weighted by atomic mass is 19.1. The summed E-state index contributed by atoms with van der Waals surface area (Å²) in [6.07, 6.45) is 3.46. The van der Waals surface area contributed by atoms with Crippen LogP contribution in [0.3, 0.4) is 0 Å². The number of fused-ring (bicyclic) bond motifs is 1. The molecule has 0 aliphatic rings. The molecule has 0 unspecified atom stereocenters. The highest BCUT2D eigenvalue weighted by molar-refractivity contribution is 5.95. The van der Waals surface area contributed by atoms with E-state index in [4.69, 9.17) is 15.2 Å². The lowest BCUT2D eigenvalue weighted by molar-refractivity contribution is -0.146. The fraction of sp³-hybridized carbons (Fsp3) is 0.286. The van der Waals surface area contributed by atoms with Crippen molar-refractivity contribution >= 4 is 34.1 Å². The number of carbonyl (C=O) groups is 2. The van der Waals surface area contributed by atoms with E-state index in [0.717, 1.165) is 10.8 Å². The molecule has 0 saturated carbocycles. The zero-order valence-electron chi connectivity index (χ0n) is 22.2. The zero-order chi connectivity index (χ0) is 27.8. The molecule has 0 radical (unpaired) electrons. The standard InChI is InChI=1S/C24H26FN3O4.C4H8O/c1-24(2,22(29)32-5)17-12-18(28-23(30)27-3)20(25)19(21(17)31-4)15-7-6-14-11-16(26)9-8-13(14)10-15;1-3-4-5-2/h6-12H,26H2,1-5H3,(H2,27,28,30);3-4H,1-2H3/b;4-3-. The zero-order valence-corrected chi connectivity index (χ0v) is 22.2. The van der Waals surface area contributed by atoms with Crippen molar-refractivity contribution < 1.29 is 28.2 Å². The van der Waals surface area contributed by atoms with Gasteiger partial charge in [0.05, 0.1) is 44.3 Å². The van der Waals surface area contributed by atoms with E-state index in [2.05, 4.69) is 15.4 Å². The highest BCUT2D eigenvalue weighted by Gasteiger charge is 2.37. The third-order valence-corrected chi connectivity index (χ3v) is 5.69. The summed E-state index contributed by atoms with van der Waals surface area (Å²) in [5, 5.41) is 6.62. The summed E-state index contributed by atoms with van der Waals surface area (Å²) < 4.78 is 30.8. The van der Waals surface area contributed by atoms with Crippen molar-refractivity contribution in [2.75, 3.05) is 39.4 Å². The maximum absolute atomic E-state index is 15.8. The number of nitrogen functional groups attached to an aromatic ring is 1. The molecule has 4 N–H and O–H groups in total. The molecule has 8 nitrogen and oxygen atoms in total. The maximum atomic E-state index is 15.8. The number of hydrogen-bond donors (Lipinski definition) is 3. The summed E-state index contributed by atoms with van der Waals surface area (Å²) in [6.45, 7) is 5.19. The summed E-state index contributed by atoms with van der Waals surface area (Å²) in [6, 6.07) is 11.6. The molecular formula is C28H34FN3O5. The van der Waals surface area contributed by atoms with E-state index < -0.39 is 23.2 Å². The minimum absolute atomic E-state index is 0.0930. The lowest BCUT2D eigenvalue weighted by atomic mass is 9.81. The number of benzene rings is 3. The Morgan fingerprint density at radius 3 is 2.22 bits per heavy atom. The van der Waals surface area contributed by atoms with Gasteiger partial charge in [-0.3, -0.25) is 4.79 Å². The average molecular weight is 512 g/mol. The predicted molar refractivity (Wildman–Crippen MR) is 145 cm³/mol. The molecule has 3 aromatic rings. The summed E-state index contributed by atoms with van der Waals surface area (Å²) >= 11 is 0. The molecule has 0 spiro atoms. The Hall–Kier alpha value is -4.27. The number of allylic oxidation sites excluding steroid dienone is 1. The van der Waals surface area contributed by atoms with Crippen LogP contribution < -0.4 is 21.1 Å².